The first kappa shape index (κ1) is 16.7. The molecule has 6 heteroatoms. The lowest BCUT2D eigenvalue weighted by atomic mass is 9.98. The molecular weight excluding hydrogens is 318 g/mol. The van der Waals surface area contributed by atoms with Crippen LogP contribution in [0.15, 0.2) is 48.5 Å². The number of halogens is 1. The lowest BCUT2D eigenvalue weighted by molar-refractivity contribution is -0.125. The number of benzene rings is 2. The van der Waals surface area contributed by atoms with Crippen molar-refractivity contribution < 1.29 is 19.1 Å². The van der Waals surface area contributed by atoms with E-state index in [1.807, 2.05) is 0 Å². The van der Waals surface area contributed by atoms with Crippen LogP contribution >= 0.6 is 11.6 Å². The quantitative estimate of drug-likeness (QED) is 0.674. The molecule has 0 saturated carbocycles. The molecule has 23 heavy (non-hydrogen) atoms. The topological polar surface area (TPSA) is 86.5 Å². The third-order valence-corrected chi connectivity index (χ3v) is 3.43. The van der Waals surface area contributed by atoms with Crippen molar-refractivity contribution in [2.75, 3.05) is 0 Å². The Bertz CT molecular complexity index is 755. The molecule has 0 saturated heterocycles. The van der Waals surface area contributed by atoms with Gasteiger partial charge in [0.2, 0.25) is 0 Å². The van der Waals surface area contributed by atoms with Gasteiger partial charge in [-0.05, 0) is 37.3 Å². The van der Waals surface area contributed by atoms with Crippen LogP contribution in [0.3, 0.4) is 0 Å². The average Bonchev–Trinajstić information content (AvgIpc) is 2.54. The maximum Gasteiger partial charge on any atom is 0.339 e. The van der Waals surface area contributed by atoms with Crippen LogP contribution < -0.4 is 5.73 Å². The molecule has 0 fully saturated rings. The third kappa shape index (κ3) is 3.96. The number of hydrogen-bond acceptors (Lipinski definition) is 4. The summed E-state index contributed by atoms with van der Waals surface area (Å²) >= 11 is 5.80. The Balaban J connectivity index is 2.33. The maximum atomic E-state index is 12.6. The molecule has 0 aliphatic heterocycles. The highest BCUT2D eigenvalue weighted by Crippen LogP contribution is 2.18. The van der Waals surface area contributed by atoms with Gasteiger partial charge in [0.25, 0.3) is 5.91 Å². The van der Waals surface area contributed by atoms with Crippen LogP contribution in [0.4, 0.5) is 0 Å². The standard InChI is InChI=1S/C17H14ClNO4/c1-10(16(19)21)23-17(22)14-5-3-2-4-13(14)15(20)11-6-8-12(18)9-7-11/h2-10H,1H3,(H2,19,21)/t10-/m0/s1. The molecule has 0 heterocycles. The zero-order valence-electron chi connectivity index (χ0n) is 12.3. The smallest absolute Gasteiger partial charge is 0.339 e. The predicted octanol–water partition coefficient (Wildman–Crippen LogP) is 2.60. The number of primary amides is 1. The highest BCUT2D eigenvalue weighted by molar-refractivity contribution is 6.30. The summed E-state index contributed by atoms with van der Waals surface area (Å²) in [6, 6.07) is 12.5. The van der Waals surface area contributed by atoms with Crippen LogP contribution in [0, 0.1) is 0 Å². The van der Waals surface area contributed by atoms with Crippen LogP contribution in [0.1, 0.15) is 33.2 Å². The van der Waals surface area contributed by atoms with Gasteiger partial charge >= 0.3 is 5.97 Å². The minimum atomic E-state index is -1.08. The fraction of sp³-hybridized carbons (Fsp3) is 0.118. The summed E-state index contributed by atoms with van der Waals surface area (Å²) in [5.74, 6) is -1.89. The largest absolute Gasteiger partial charge is 0.449 e. The van der Waals surface area contributed by atoms with Crippen LogP contribution in [0.5, 0.6) is 0 Å². The monoisotopic (exact) mass is 331 g/mol. The SMILES string of the molecule is C[C@H](OC(=O)c1ccccc1C(=O)c1ccc(Cl)cc1)C(N)=O. The Labute approximate surface area is 138 Å². The zero-order chi connectivity index (χ0) is 17.0. The van der Waals surface area contributed by atoms with Gasteiger partial charge in [0.15, 0.2) is 11.9 Å². The fourth-order valence-electron chi connectivity index (χ4n) is 1.90. The van der Waals surface area contributed by atoms with Crippen LogP contribution in [-0.2, 0) is 9.53 Å². The Morgan fingerprint density at radius 3 is 2.13 bits per heavy atom. The van der Waals surface area contributed by atoms with Gasteiger partial charge in [-0.1, -0.05) is 29.8 Å². The van der Waals surface area contributed by atoms with Crippen molar-refractivity contribution in [2.24, 2.45) is 5.73 Å². The maximum absolute atomic E-state index is 12.6. The van der Waals surface area contributed by atoms with Crippen molar-refractivity contribution in [3.8, 4) is 0 Å². The van der Waals surface area contributed by atoms with Gasteiger partial charge in [-0.25, -0.2) is 4.79 Å². The van der Waals surface area contributed by atoms with Gasteiger partial charge in [0.1, 0.15) is 0 Å². The zero-order valence-corrected chi connectivity index (χ0v) is 13.0. The van der Waals surface area contributed by atoms with Crippen LogP contribution in [0.2, 0.25) is 5.02 Å². The number of nitrogens with two attached hydrogens (primary N) is 1. The fourth-order valence-corrected chi connectivity index (χ4v) is 2.02. The second kappa shape index (κ2) is 7.07. The number of carbonyl (C=O) groups is 3. The molecule has 5 nitrogen and oxygen atoms in total. The molecule has 0 bridgehead atoms. The van der Waals surface area contributed by atoms with E-state index in [2.05, 4.69) is 0 Å². The van der Waals surface area contributed by atoms with Crippen molar-refractivity contribution in [1.82, 2.24) is 0 Å². The van der Waals surface area contributed by atoms with E-state index < -0.39 is 18.0 Å². The number of rotatable bonds is 5. The van der Waals surface area contributed by atoms with E-state index in [0.29, 0.717) is 10.6 Å². The van der Waals surface area contributed by atoms with Crippen molar-refractivity contribution in [1.29, 1.82) is 0 Å². The average molecular weight is 332 g/mol. The van der Waals surface area contributed by atoms with E-state index in [0.717, 1.165) is 0 Å². The van der Waals surface area contributed by atoms with Crippen molar-refractivity contribution in [3.63, 3.8) is 0 Å². The van der Waals surface area contributed by atoms with Gasteiger partial charge in [-0.15, -0.1) is 0 Å². The molecule has 0 spiro atoms. The van der Waals surface area contributed by atoms with Gasteiger partial charge in [-0.3, -0.25) is 9.59 Å². The predicted molar refractivity (Wildman–Crippen MR) is 85.4 cm³/mol. The molecule has 2 N–H and O–H groups in total. The van der Waals surface area contributed by atoms with Crippen LogP contribution in [0.25, 0.3) is 0 Å². The highest BCUT2D eigenvalue weighted by Gasteiger charge is 2.22. The van der Waals surface area contributed by atoms with E-state index in [-0.39, 0.29) is 16.9 Å². The Morgan fingerprint density at radius 1 is 1.00 bits per heavy atom. The minimum Gasteiger partial charge on any atom is -0.449 e. The first-order valence-electron chi connectivity index (χ1n) is 6.79. The molecule has 2 aromatic carbocycles. The molecule has 2 aromatic rings. The highest BCUT2D eigenvalue weighted by atomic mass is 35.5. The van der Waals surface area contributed by atoms with E-state index in [1.54, 1.807) is 36.4 Å². The lowest BCUT2D eigenvalue weighted by Gasteiger charge is -2.12. The molecular formula is C17H14ClNO4. The summed E-state index contributed by atoms with van der Waals surface area (Å²) in [6.07, 6.45) is -1.08. The molecule has 0 aromatic heterocycles. The molecule has 1 amide bonds. The van der Waals surface area contributed by atoms with E-state index >= 15 is 0 Å². The molecule has 0 radical (unpaired) electrons. The Morgan fingerprint density at radius 2 is 1.57 bits per heavy atom. The summed E-state index contributed by atoms with van der Waals surface area (Å²) in [7, 11) is 0. The summed E-state index contributed by atoms with van der Waals surface area (Å²) in [5, 5.41) is 0.504. The second-order valence-electron chi connectivity index (χ2n) is 4.83. The summed E-state index contributed by atoms with van der Waals surface area (Å²) in [5.41, 5.74) is 5.70. The van der Waals surface area contributed by atoms with Gasteiger partial charge in [0.05, 0.1) is 5.56 Å². The molecule has 0 aliphatic rings. The van der Waals surface area contributed by atoms with E-state index in [4.69, 9.17) is 22.1 Å². The molecule has 118 valence electrons. The van der Waals surface area contributed by atoms with Crippen molar-refractivity contribution in [2.45, 2.75) is 13.0 Å². The number of carbonyl (C=O) groups excluding carboxylic acids is 3. The van der Waals surface area contributed by atoms with Crippen molar-refractivity contribution in [3.05, 3.63) is 70.2 Å². The lowest BCUT2D eigenvalue weighted by Crippen LogP contribution is -2.30. The van der Waals surface area contributed by atoms with E-state index in [9.17, 15) is 14.4 Å². The van der Waals surface area contributed by atoms with Gasteiger partial charge in [-0.2, -0.15) is 0 Å². The third-order valence-electron chi connectivity index (χ3n) is 3.18. The molecule has 0 unspecified atom stereocenters. The summed E-state index contributed by atoms with van der Waals surface area (Å²) in [4.78, 5) is 35.7. The number of amides is 1. The van der Waals surface area contributed by atoms with Crippen LogP contribution in [-0.4, -0.2) is 23.8 Å². The normalized spacial score (nSPS) is 11.6. The van der Waals surface area contributed by atoms with Gasteiger partial charge < -0.3 is 10.5 Å². The van der Waals surface area contributed by atoms with Gasteiger partial charge in [0, 0.05) is 16.1 Å². The summed E-state index contributed by atoms with van der Waals surface area (Å²) < 4.78 is 4.96. The molecule has 1 atom stereocenters. The summed E-state index contributed by atoms with van der Waals surface area (Å²) in [6.45, 7) is 1.36. The Kier molecular flexibility index (Phi) is 5.13. The molecule has 0 aliphatic carbocycles. The Hall–Kier alpha value is -2.66. The number of ketones is 1. The van der Waals surface area contributed by atoms with E-state index in [1.165, 1.54) is 19.1 Å². The number of esters is 1. The minimum absolute atomic E-state index is 0.0700. The molecule has 2 rings (SSSR count). The first-order chi connectivity index (χ1) is 10.9. The second-order valence-corrected chi connectivity index (χ2v) is 5.27. The number of ether oxygens (including phenoxy) is 1. The van der Waals surface area contributed by atoms with Crippen molar-refractivity contribution >= 4 is 29.3 Å². The first-order valence-corrected chi connectivity index (χ1v) is 7.17. The number of hydrogen-bond donors (Lipinski definition) is 1.